The molecule has 25 heavy (non-hydrogen) atoms. The fourth-order valence-electron chi connectivity index (χ4n) is 3.00. The molecule has 0 bridgehead atoms. The summed E-state index contributed by atoms with van der Waals surface area (Å²) < 4.78 is 6.34. The number of hydrogen-bond donors (Lipinski definition) is 1. The second-order valence-corrected chi connectivity index (χ2v) is 8.24. The third-order valence-electron chi connectivity index (χ3n) is 4.20. The lowest BCUT2D eigenvalue weighted by atomic mass is 10.1. The second-order valence-electron chi connectivity index (χ2n) is 7.39. The molecule has 0 saturated carbocycles. The van der Waals surface area contributed by atoms with Gasteiger partial charge in [0.15, 0.2) is 0 Å². The van der Waals surface area contributed by atoms with Gasteiger partial charge in [-0.2, -0.15) is 0 Å². The molecule has 0 radical (unpaired) electrons. The molecule has 1 saturated heterocycles. The van der Waals surface area contributed by atoms with E-state index in [0.717, 1.165) is 47.1 Å². The van der Waals surface area contributed by atoms with Crippen molar-refractivity contribution in [2.45, 2.75) is 45.3 Å². The van der Waals surface area contributed by atoms with E-state index in [0.29, 0.717) is 0 Å². The number of anilines is 1. The van der Waals surface area contributed by atoms with E-state index in [2.05, 4.69) is 44.3 Å². The third kappa shape index (κ3) is 4.63. The quantitative estimate of drug-likeness (QED) is 0.799. The van der Waals surface area contributed by atoms with Gasteiger partial charge >= 0.3 is 6.09 Å². The van der Waals surface area contributed by atoms with Crippen LogP contribution in [-0.4, -0.2) is 35.8 Å². The number of carbonyl (C=O) groups excluding carboxylic acids is 1. The van der Waals surface area contributed by atoms with E-state index in [1.54, 1.807) is 0 Å². The van der Waals surface area contributed by atoms with Gasteiger partial charge in [-0.15, -0.1) is 0 Å². The lowest BCUT2D eigenvalue weighted by Crippen LogP contribution is -2.46. The number of alkyl carbamates (subject to hydrolysis) is 1. The van der Waals surface area contributed by atoms with E-state index >= 15 is 0 Å². The Balaban J connectivity index is 1.61. The number of nitrogens with zero attached hydrogens (tertiary/aromatic N) is 2. The largest absolute Gasteiger partial charge is 0.444 e. The molecule has 1 aromatic carbocycles. The Morgan fingerprint density at radius 3 is 2.64 bits per heavy atom. The van der Waals surface area contributed by atoms with Crippen LogP contribution in [0.5, 0.6) is 0 Å². The predicted octanol–water partition coefficient (Wildman–Crippen LogP) is 4.49. The first-order chi connectivity index (χ1) is 11.8. The van der Waals surface area contributed by atoms with E-state index in [9.17, 15) is 4.79 Å². The van der Waals surface area contributed by atoms with Gasteiger partial charge in [0.05, 0.1) is 5.52 Å². The zero-order chi connectivity index (χ0) is 18.0. The van der Waals surface area contributed by atoms with Gasteiger partial charge in [0, 0.05) is 29.0 Å². The minimum atomic E-state index is -0.465. The SMILES string of the molecule is CC(C)(C)OC(=O)NC1CCN(c2ccc3cccc(Br)c3n2)CC1. The highest BCUT2D eigenvalue weighted by Crippen LogP contribution is 2.26. The molecule has 0 aliphatic carbocycles. The number of para-hydroxylation sites is 1. The summed E-state index contributed by atoms with van der Waals surface area (Å²) in [7, 11) is 0. The molecule has 3 rings (SSSR count). The minimum Gasteiger partial charge on any atom is -0.444 e. The molecule has 0 atom stereocenters. The number of aromatic nitrogens is 1. The van der Waals surface area contributed by atoms with Crippen molar-refractivity contribution in [1.82, 2.24) is 10.3 Å². The number of hydrogen-bond acceptors (Lipinski definition) is 4. The van der Waals surface area contributed by atoms with Gasteiger partial charge in [-0.25, -0.2) is 9.78 Å². The average molecular weight is 406 g/mol. The number of benzene rings is 1. The molecule has 1 aliphatic rings. The Kier molecular flexibility index (Phi) is 5.18. The summed E-state index contributed by atoms with van der Waals surface area (Å²) in [6.07, 6.45) is 1.43. The zero-order valence-electron chi connectivity index (χ0n) is 14.9. The molecule has 1 aromatic heterocycles. The van der Waals surface area contributed by atoms with E-state index in [4.69, 9.17) is 9.72 Å². The van der Waals surface area contributed by atoms with Crippen molar-refractivity contribution in [2.24, 2.45) is 0 Å². The minimum absolute atomic E-state index is 0.151. The van der Waals surface area contributed by atoms with Crippen LogP contribution in [0.3, 0.4) is 0 Å². The molecule has 2 aromatic rings. The number of carbonyl (C=O) groups is 1. The summed E-state index contributed by atoms with van der Waals surface area (Å²) in [4.78, 5) is 19.0. The van der Waals surface area contributed by atoms with E-state index < -0.39 is 5.60 Å². The third-order valence-corrected chi connectivity index (χ3v) is 4.84. The average Bonchev–Trinajstić information content (AvgIpc) is 2.54. The number of pyridine rings is 1. The van der Waals surface area contributed by atoms with Crippen LogP contribution in [0.25, 0.3) is 10.9 Å². The lowest BCUT2D eigenvalue weighted by Gasteiger charge is -2.33. The molecule has 1 fully saturated rings. The van der Waals surface area contributed by atoms with Gasteiger partial charge in [0.2, 0.25) is 0 Å². The van der Waals surface area contributed by atoms with Gasteiger partial charge in [0.25, 0.3) is 0 Å². The molecular formula is C19H24BrN3O2. The Morgan fingerprint density at radius 2 is 1.96 bits per heavy atom. The van der Waals surface area contributed by atoms with Crippen LogP contribution >= 0.6 is 15.9 Å². The fraction of sp³-hybridized carbons (Fsp3) is 0.474. The smallest absolute Gasteiger partial charge is 0.407 e. The standard InChI is InChI=1S/C19H24BrN3O2/c1-19(2,3)25-18(24)21-14-9-11-23(12-10-14)16-8-7-13-5-4-6-15(20)17(13)22-16/h4-8,14H,9-12H2,1-3H3,(H,21,24). The van der Waals surface area contributed by atoms with Crippen molar-refractivity contribution < 1.29 is 9.53 Å². The summed E-state index contributed by atoms with van der Waals surface area (Å²) in [5, 5.41) is 4.10. The summed E-state index contributed by atoms with van der Waals surface area (Å²) in [6.45, 7) is 7.35. The Bertz CT molecular complexity index is 765. The van der Waals surface area contributed by atoms with Gasteiger partial charge in [-0.05, 0) is 67.7 Å². The highest BCUT2D eigenvalue weighted by Gasteiger charge is 2.24. The maximum absolute atomic E-state index is 11.9. The van der Waals surface area contributed by atoms with E-state index in [-0.39, 0.29) is 12.1 Å². The first-order valence-electron chi connectivity index (χ1n) is 8.61. The summed E-state index contributed by atoms with van der Waals surface area (Å²) in [6, 6.07) is 10.4. The van der Waals surface area contributed by atoms with Crippen molar-refractivity contribution >= 4 is 38.7 Å². The molecule has 134 valence electrons. The monoisotopic (exact) mass is 405 g/mol. The van der Waals surface area contributed by atoms with Crippen LogP contribution in [0.1, 0.15) is 33.6 Å². The van der Waals surface area contributed by atoms with Crippen LogP contribution in [0, 0.1) is 0 Å². The van der Waals surface area contributed by atoms with Crippen molar-refractivity contribution in [2.75, 3.05) is 18.0 Å². The van der Waals surface area contributed by atoms with Gasteiger partial charge in [-0.3, -0.25) is 0 Å². The highest BCUT2D eigenvalue weighted by molar-refractivity contribution is 9.10. The number of nitrogens with one attached hydrogen (secondary N) is 1. The van der Waals surface area contributed by atoms with Crippen molar-refractivity contribution in [1.29, 1.82) is 0 Å². The summed E-state index contributed by atoms with van der Waals surface area (Å²) in [5.74, 6) is 0.982. The topological polar surface area (TPSA) is 54.5 Å². The number of fused-ring (bicyclic) bond motifs is 1. The fourth-order valence-corrected chi connectivity index (χ4v) is 3.47. The van der Waals surface area contributed by atoms with Crippen LogP contribution in [0.15, 0.2) is 34.8 Å². The van der Waals surface area contributed by atoms with E-state index in [1.807, 2.05) is 32.9 Å². The molecule has 1 amide bonds. The first-order valence-corrected chi connectivity index (χ1v) is 9.41. The van der Waals surface area contributed by atoms with Gasteiger partial charge in [0.1, 0.15) is 11.4 Å². The van der Waals surface area contributed by atoms with Gasteiger partial charge < -0.3 is 15.0 Å². The molecule has 2 heterocycles. The molecule has 1 N–H and O–H groups in total. The van der Waals surface area contributed by atoms with Crippen molar-refractivity contribution in [3.05, 3.63) is 34.8 Å². The number of ether oxygens (including phenoxy) is 1. The summed E-state index contributed by atoms with van der Waals surface area (Å²) in [5.41, 5.74) is 0.515. The van der Waals surface area contributed by atoms with Crippen LogP contribution in [0.4, 0.5) is 10.6 Å². The van der Waals surface area contributed by atoms with Gasteiger partial charge in [-0.1, -0.05) is 12.1 Å². The first kappa shape index (κ1) is 18.0. The zero-order valence-corrected chi connectivity index (χ0v) is 16.5. The molecular weight excluding hydrogens is 382 g/mol. The maximum atomic E-state index is 11.9. The molecule has 0 spiro atoms. The second kappa shape index (κ2) is 7.20. The van der Waals surface area contributed by atoms with Crippen molar-refractivity contribution in [3.8, 4) is 0 Å². The Hall–Kier alpha value is -1.82. The van der Waals surface area contributed by atoms with Crippen LogP contribution in [0.2, 0.25) is 0 Å². The maximum Gasteiger partial charge on any atom is 0.407 e. The molecule has 5 nitrogen and oxygen atoms in total. The van der Waals surface area contributed by atoms with Crippen LogP contribution < -0.4 is 10.2 Å². The predicted molar refractivity (Wildman–Crippen MR) is 104 cm³/mol. The normalized spacial score (nSPS) is 16.1. The Labute approximate surface area is 156 Å². The molecule has 6 heteroatoms. The number of piperidine rings is 1. The lowest BCUT2D eigenvalue weighted by molar-refractivity contribution is 0.0497. The number of amides is 1. The Morgan fingerprint density at radius 1 is 1.24 bits per heavy atom. The number of rotatable bonds is 2. The molecule has 0 unspecified atom stereocenters. The molecule has 1 aliphatic heterocycles. The van der Waals surface area contributed by atoms with E-state index in [1.165, 1.54) is 0 Å². The van der Waals surface area contributed by atoms with Crippen LogP contribution in [-0.2, 0) is 4.74 Å². The highest BCUT2D eigenvalue weighted by atomic mass is 79.9. The van der Waals surface area contributed by atoms with Crippen molar-refractivity contribution in [3.63, 3.8) is 0 Å². The summed E-state index contributed by atoms with van der Waals surface area (Å²) >= 11 is 3.57. The number of halogens is 1.